The molecule has 2 unspecified atom stereocenters. The Morgan fingerprint density at radius 3 is 2.24 bits per heavy atom. The van der Waals surface area contributed by atoms with Crippen molar-refractivity contribution in [3.05, 3.63) is 54.1 Å². The van der Waals surface area contributed by atoms with Gasteiger partial charge in [-0.1, -0.05) is 31.0 Å². The first-order valence-corrected chi connectivity index (χ1v) is 16.2. The van der Waals surface area contributed by atoms with Crippen LogP contribution in [0.15, 0.2) is 53.4 Å². The third-order valence-electron chi connectivity index (χ3n) is 8.77. The quantitative estimate of drug-likeness (QED) is 0.529. The Labute approximate surface area is 242 Å². The van der Waals surface area contributed by atoms with Crippen LogP contribution >= 0.6 is 0 Å². The first-order chi connectivity index (χ1) is 19.7. The Morgan fingerprint density at radius 2 is 1.59 bits per heavy atom. The van der Waals surface area contributed by atoms with E-state index in [4.69, 9.17) is 0 Å². The van der Waals surface area contributed by atoms with Crippen LogP contribution in [0.3, 0.4) is 0 Å². The Balaban J connectivity index is 1.12. The molecule has 0 aliphatic carbocycles. The molecule has 2 aromatic carbocycles. The molecule has 3 amide bonds. The monoisotopic (exact) mass is 580 g/mol. The summed E-state index contributed by atoms with van der Waals surface area (Å²) in [5.41, 5.74) is 2.48. The van der Waals surface area contributed by atoms with Crippen LogP contribution in [0.4, 0.5) is 11.4 Å². The minimum absolute atomic E-state index is 0.0253. The van der Waals surface area contributed by atoms with Gasteiger partial charge in [0.15, 0.2) is 0 Å². The summed E-state index contributed by atoms with van der Waals surface area (Å²) in [6, 6.07) is 14.2. The molecule has 3 heterocycles. The fourth-order valence-corrected chi connectivity index (χ4v) is 8.02. The number of nitrogens with zero attached hydrogens (tertiary/aromatic N) is 3. The normalized spacial score (nSPS) is 22.6. The number of sulfonamides is 1. The average Bonchev–Trinajstić information content (AvgIpc) is 3.38. The molecule has 0 saturated carbocycles. The van der Waals surface area contributed by atoms with Crippen molar-refractivity contribution < 1.29 is 22.8 Å². The largest absolute Gasteiger partial charge is 0.342 e. The number of piperidine rings is 2. The lowest BCUT2D eigenvalue weighted by molar-refractivity contribution is -0.138. The first-order valence-electron chi connectivity index (χ1n) is 14.8. The molecule has 3 saturated heterocycles. The number of rotatable bonds is 7. The molecule has 220 valence electrons. The second-order valence-electron chi connectivity index (χ2n) is 11.5. The predicted molar refractivity (Wildman–Crippen MR) is 158 cm³/mol. The Hall–Kier alpha value is -3.24. The third-order valence-corrected chi connectivity index (χ3v) is 10.7. The van der Waals surface area contributed by atoms with Gasteiger partial charge in [0.2, 0.25) is 27.7 Å². The van der Waals surface area contributed by atoms with Crippen molar-refractivity contribution in [2.45, 2.75) is 69.7 Å². The number of hydrogen-bond donors (Lipinski definition) is 1. The van der Waals surface area contributed by atoms with E-state index < -0.39 is 10.0 Å². The van der Waals surface area contributed by atoms with Gasteiger partial charge in [-0.2, -0.15) is 4.31 Å². The zero-order chi connectivity index (χ0) is 29.1. The van der Waals surface area contributed by atoms with Crippen LogP contribution in [-0.4, -0.2) is 67.6 Å². The minimum atomic E-state index is -3.58. The fraction of sp³-hybridized carbons (Fsp3) is 0.516. The van der Waals surface area contributed by atoms with Gasteiger partial charge >= 0.3 is 0 Å². The van der Waals surface area contributed by atoms with Gasteiger partial charge < -0.3 is 15.1 Å². The van der Waals surface area contributed by atoms with E-state index >= 15 is 0 Å². The van der Waals surface area contributed by atoms with Crippen molar-refractivity contribution in [1.82, 2.24) is 9.21 Å². The lowest BCUT2D eigenvalue weighted by atomic mass is 9.94. The summed E-state index contributed by atoms with van der Waals surface area (Å²) in [6.07, 6.45) is 4.89. The highest BCUT2D eigenvalue weighted by molar-refractivity contribution is 7.89. The van der Waals surface area contributed by atoms with E-state index in [0.717, 1.165) is 36.9 Å². The summed E-state index contributed by atoms with van der Waals surface area (Å²) >= 11 is 0. The fourth-order valence-electron chi connectivity index (χ4n) is 6.26. The van der Waals surface area contributed by atoms with Crippen molar-refractivity contribution in [2.24, 2.45) is 11.8 Å². The van der Waals surface area contributed by atoms with Crippen molar-refractivity contribution >= 4 is 39.1 Å². The molecule has 10 heteroatoms. The lowest BCUT2D eigenvalue weighted by Gasteiger charge is -2.34. The van der Waals surface area contributed by atoms with Crippen LogP contribution in [0, 0.1) is 18.8 Å². The van der Waals surface area contributed by atoms with Gasteiger partial charge in [0.1, 0.15) is 0 Å². The summed E-state index contributed by atoms with van der Waals surface area (Å²) in [5.74, 6) is -0.808. The number of amides is 3. The van der Waals surface area contributed by atoms with Crippen LogP contribution in [0.5, 0.6) is 0 Å². The zero-order valence-electron chi connectivity index (χ0n) is 23.9. The van der Waals surface area contributed by atoms with Gasteiger partial charge in [-0.25, -0.2) is 8.42 Å². The number of hydrogen-bond acceptors (Lipinski definition) is 5. The Morgan fingerprint density at radius 1 is 0.902 bits per heavy atom. The maximum absolute atomic E-state index is 13.2. The van der Waals surface area contributed by atoms with Gasteiger partial charge in [0.25, 0.3) is 0 Å². The van der Waals surface area contributed by atoms with Crippen LogP contribution in [0.25, 0.3) is 0 Å². The van der Waals surface area contributed by atoms with E-state index in [9.17, 15) is 22.8 Å². The molecule has 0 aromatic heterocycles. The summed E-state index contributed by atoms with van der Waals surface area (Å²) in [6.45, 7) is 5.88. The Kier molecular flexibility index (Phi) is 8.79. The van der Waals surface area contributed by atoms with Gasteiger partial charge in [-0.05, 0) is 75.4 Å². The highest BCUT2D eigenvalue weighted by Gasteiger charge is 2.39. The highest BCUT2D eigenvalue weighted by atomic mass is 32.2. The number of aryl methyl sites for hydroxylation is 1. The van der Waals surface area contributed by atoms with Crippen LogP contribution in [0.1, 0.15) is 57.4 Å². The van der Waals surface area contributed by atoms with E-state index in [2.05, 4.69) is 5.32 Å². The van der Waals surface area contributed by atoms with E-state index in [1.54, 1.807) is 38.4 Å². The summed E-state index contributed by atoms with van der Waals surface area (Å²) < 4.78 is 28.1. The molecular formula is C31H40N4O5S. The van der Waals surface area contributed by atoms with E-state index in [1.807, 2.05) is 38.1 Å². The van der Waals surface area contributed by atoms with E-state index in [1.165, 1.54) is 0 Å². The molecule has 3 aliphatic heterocycles. The number of anilines is 2. The first kappa shape index (κ1) is 29.3. The topological polar surface area (TPSA) is 107 Å². The zero-order valence-corrected chi connectivity index (χ0v) is 24.7. The lowest BCUT2D eigenvalue weighted by Crippen LogP contribution is -2.44. The molecule has 3 fully saturated rings. The number of carbonyl (C=O) groups excluding carboxylic acids is 3. The molecular weight excluding hydrogens is 540 g/mol. The maximum atomic E-state index is 13.2. The molecule has 2 atom stereocenters. The molecule has 1 N–H and O–H groups in total. The molecule has 3 aliphatic rings. The summed E-state index contributed by atoms with van der Waals surface area (Å²) in [5, 5.41) is 2.92. The van der Waals surface area contributed by atoms with Gasteiger partial charge in [0, 0.05) is 55.9 Å². The summed E-state index contributed by atoms with van der Waals surface area (Å²) in [4.78, 5) is 42.5. The van der Waals surface area contributed by atoms with Crippen molar-refractivity contribution in [3.8, 4) is 0 Å². The smallest absolute Gasteiger partial charge is 0.243 e. The van der Waals surface area contributed by atoms with E-state index in [-0.39, 0.29) is 46.9 Å². The summed E-state index contributed by atoms with van der Waals surface area (Å²) in [7, 11) is -3.58. The molecule has 0 bridgehead atoms. The van der Waals surface area contributed by atoms with Gasteiger partial charge in [-0.3, -0.25) is 14.4 Å². The molecule has 0 spiro atoms. The van der Waals surface area contributed by atoms with Crippen LogP contribution < -0.4 is 10.2 Å². The molecule has 5 rings (SSSR count). The van der Waals surface area contributed by atoms with Crippen molar-refractivity contribution in [2.75, 3.05) is 36.4 Å². The number of nitrogens with one attached hydrogen (secondary N) is 1. The van der Waals surface area contributed by atoms with Gasteiger partial charge in [0.05, 0.1) is 10.8 Å². The van der Waals surface area contributed by atoms with Crippen molar-refractivity contribution in [3.63, 3.8) is 0 Å². The predicted octanol–water partition coefficient (Wildman–Crippen LogP) is 4.18. The molecule has 41 heavy (non-hydrogen) atoms. The number of carbonyl (C=O) groups is 3. The average molecular weight is 581 g/mol. The molecule has 0 radical (unpaired) electrons. The van der Waals surface area contributed by atoms with Crippen molar-refractivity contribution in [1.29, 1.82) is 0 Å². The SMILES string of the molecule is CCC1CCCCN1S(=O)(=O)c1ccc(NC(=O)C2CCN(C(=O)C3CC(=O)N(c4ccc(C)cc4)C3)CC2)cc1. The minimum Gasteiger partial charge on any atom is -0.342 e. The molecule has 9 nitrogen and oxygen atoms in total. The Bertz CT molecular complexity index is 1370. The second-order valence-corrected chi connectivity index (χ2v) is 13.4. The maximum Gasteiger partial charge on any atom is 0.243 e. The van der Waals surface area contributed by atoms with E-state index in [0.29, 0.717) is 44.7 Å². The van der Waals surface area contributed by atoms with Gasteiger partial charge in [-0.15, -0.1) is 0 Å². The number of benzene rings is 2. The standard InChI is InChI=1S/C31H40N4O5S/c1-3-26-6-4-5-17-35(26)41(39,40)28-13-9-25(10-14-28)32-30(37)23-15-18-33(19-16-23)31(38)24-20-29(36)34(21-24)27-11-7-22(2)8-12-27/h7-14,23-24,26H,3-6,15-21H2,1-2H3,(H,32,37). The second kappa shape index (κ2) is 12.3. The number of likely N-dealkylation sites (tertiary alicyclic amines) is 1. The third kappa shape index (κ3) is 6.33. The van der Waals surface area contributed by atoms with Crippen LogP contribution in [0.2, 0.25) is 0 Å². The molecule has 2 aromatic rings. The highest BCUT2D eigenvalue weighted by Crippen LogP contribution is 2.30. The van der Waals surface area contributed by atoms with Crippen LogP contribution in [-0.2, 0) is 24.4 Å².